The molecular weight excluding hydrogens is 729 g/mol. The molecule has 2 aliphatic rings. The van der Waals surface area contributed by atoms with E-state index in [2.05, 4.69) is 69.1 Å². The van der Waals surface area contributed by atoms with Gasteiger partial charge in [0.15, 0.2) is 0 Å². The van der Waals surface area contributed by atoms with E-state index in [4.69, 9.17) is 24.2 Å². The number of H-pyrrole nitrogens is 2. The molecule has 2 saturated heterocycles. The molecule has 0 aliphatic carbocycles. The number of nitrogens with zero attached hydrogens (tertiary/aromatic N) is 4. The molecule has 0 bridgehead atoms. The fraction of sp³-hybridized carbons (Fsp3) is 0.429. The molecule has 0 radical (unpaired) electrons. The lowest BCUT2D eigenvalue weighted by Crippen LogP contribution is -2.54. The van der Waals surface area contributed by atoms with Gasteiger partial charge in [-0.05, 0) is 84.7 Å². The largest absolute Gasteiger partial charge is 0.453 e. The lowest BCUT2D eigenvalue weighted by Gasteiger charge is -2.30. The van der Waals surface area contributed by atoms with Crippen molar-refractivity contribution < 1.29 is 33.4 Å². The van der Waals surface area contributed by atoms with E-state index in [0.29, 0.717) is 18.9 Å². The van der Waals surface area contributed by atoms with E-state index in [1.54, 1.807) is 18.0 Å². The van der Waals surface area contributed by atoms with Crippen molar-refractivity contribution in [2.24, 2.45) is 5.92 Å². The van der Waals surface area contributed by atoms with Gasteiger partial charge in [0, 0.05) is 25.8 Å². The second-order valence-electron chi connectivity index (χ2n) is 15.1. The van der Waals surface area contributed by atoms with Crippen LogP contribution in [0.15, 0.2) is 60.8 Å². The highest BCUT2D eigenvalue weighted by Gasteiger charge is 2.39. The summed E-state index contributed by atoms with van der Waals surface area (Å²) in [5.74, 6) is 0.916. The summed E-state index contributed by atoms with van der Waals surface area (Å²) in [6, 6.07) is 16.7. The zero-order chi connectivity index (χ0) is 40.4. The van der Waals surface area contributed by atoms with Crippen molar-refractivity contribution >= 4 is 45.8 Å². The van der Waals surface area contributed by atoms with Crippen LogP contribution in [-0.4, -0.2) is 106 Å². The summed E-state index contributed by atoms with van der Waals surface area (Å²) in [7, 11) is 4.05. The summed E-state index contributed by atoms with van der Waals surface area (Å²) in [5.41, 5.74) is 5.59. The van der Waals surface area contributed by atoms with Crippen LogP contribution < -0.4 is 10.6 Å². The van der Waals surface area contributed by atoms with E-state index >= 15 is 0 Å². The van der Waals surface area contributed by atoms with E-state index in [1.165, 1.54) is 21.3 Å². The molecule has 0 unspecified atom stereocenters. The number of carbonyl (C=O) groups excluding carboxylic acids is 4. The first-order valence-electron chi connectivity index (χ1n) is 19.4. The van der Waals surface area contributed by atoms with Gasteiger partial charge in [0.2, 0.25) is 11.8 Å². The summed E-state index contributed by atoms with van der Waals surface area (Å²) in [6.07, 6.45) is 3.08. The maximum atomic E-state index is 13.7. The number of likely N-dealkylation sites (tertiary alicyclic amines) is 2. The molecule has 15 nitrogen and oxygen atoms in total. The van der Waals surface area contributed by atoms with Crippen LogP contribution in [0, 0.1) is 5.92 Å². The number of imidazole rings is 2. The molecule has 2 fully saturated rings. The Balaban J connectivity index is 1.07. The van der Waals surface area contributed by atoms with Gasteiger partial charge in [-0.1, -0.05) is 44.2 Å². The highest BCUT2D eigenvalue weighted by atomic mass is 16.5. The number of benzene rings is 3. The molecule has 0 saturated carbocycles. The Bertz CT molecular complexity index is 2280. The van der Waals surface area contributed by atoms with E-state index in [1.807, 2.05) is 24.8 Å². The third-order valence-corrected chi connectivity index (χ3v) is 11.2. The van der Waals surface area contributed by atoms with Crippen LogP contribution in [0.4, 0.5) is 9.59 Å². The Morgan fingerprint density at radius 3 is 1.91 bits per heavy atom. The van der Waals surface area contributed by atoms with Gasteiger partial charge in [0.1, 0.15) is 23.7 Å². The molecule has 5 atom stereocenters. The smallest absolute Gasteiger partial charge is 0.407 e. The molecule has 57 heavy (non-hydrogen) atoms. The molecule has 5 aromatic rings. The fourth-order valence-corrected chi connectivity index (χ4v) is 8.00. The fourth-order valence-electron chi connectivity index (χ4n) is 8.00. The molecule has 0 spiro atoms. The summed E-state index contributed by atoms with van der Waals surface area (Å²) >= 11 is 0. The first kappa shape index (κ1) is 39.3. The van der Waals surface area contributed by atoms with Crippen molar-refractivity contribution in [1.82, 2.24) is 40.4 Å². The summed E-state index contributed by atoms with van der Waals surface area (Å²) in [4.78, 5) is 71.4. The Labute approximate surface area is 330 Å². The lowest BCUT2D eigenvalue weighted by atomic mass is 9.99. The molecular formula is C42H50N8O7. The predicted molar refractivity (Wildman–Crippen MR) is 214 cm³/mol. The highest BCUT2D eigenvalue weighted by Crippen LogP contribution is 2.36. The minimum atomic E-state index is -0.899. The van der Waals surface area contributed by atoms with Gasteiger partial charge in [-0.15, -0.1) is 0 Å². The molecule has 3 aromatic carbocycles. The van der Waals surface area contributed by atoms with Crippen LogP contribution >= 0.6 is 0 Å². The van der Waals surface area contributed by atoms with Gasteiger partial charge in [-0.3, -0.25) is 9.59 Å². The van der Waals surface area contributed by atoms with Crippen molar-refractivity contribution in [3.05, 3.63) is 72.4 Å². The molecule has 300 valence electrons. The first-order chi connectivity index (χ1) is 27.5. The summed E-state index contributed by atoms with van der Waals surface area (Å²) in [5, 5.41) is 7.47. The van der Waals surface area contributed by atoms with E-state index in [9.17, 15) is 19.2 Å². The van der Waals surface area contributed by atoms with Crippen molar-refractivity contribution in [3.8, 4) is 22.4 Å². The number of carbonyl (C=O) groups is 4. The maximum absolute atomic E-state index is 13.7. The summed E-state index contributed by atoms with van der Waals surface area (Å²) in [6.45, 7) is 6.67. The zero-order valence-corrected chi connectivity index (χ0v) is 33.1. The van der Waals surface area contributed by atoms with Gasteiger partial charge < -0.3 is 44.6 Å². The number of amides is 4. The van der Waals surface area contributed by atoms with Crippen LogP contribution in [0.3, 0.4) is 0 Å². The number of hydrogen-bond acceptors (Lipinski definition) is 9. The van der Waals surface area contributed by atoms with Crippen molar-refractivity contribution in [2.75, 3.05) is 34.4 Å². The van der Waals surface area contributed by atoms with Crippen molar-refractivity contribution in [3.63, 3.8) is 0 Å². The number of alkyl carbamates (subject to hydrolysis) is 2. The van der Waals surface area contributed by atoms with Crippen LogP contribution in [0.5, 0.6) is 0 Å². The summed E-state index contributed by atoms with van der Waals surface area (Å²) < 4.78 is 14.9. The van der Waals surface area contributed by atoms with E-state index < -0.39 is 30.4 Å². The number of rotatable bonds is 11. The van der Waals surface area contributed by atoms with E-state index in [-0.39, 0.29) is 29.8 Å². The highest BCUT2D eigenvalue weighted by molar-refractivity contribution is 5.92. The van der Waals surface area contributed by atoms with Crippen molar-refractivity contribution in [2.45, 2.75) is 76.7 Å². The van der Waals surface area contributed by atoms with Gasteiger partial charge in [0.05, 0.1) is 55.3 Å². The molecule has 4 heterocycles. The van der Waals surface area contributed by atoms with Gasteiger partial charge in [0.25, 0.3) is 0 Å². The molecule has 2 aliphatic heterocycles. The SMILES string of the molecule is COC(=O)N[C@H](C(=O)N1CCC[C@H]1c1nc2ccc(-c3ccc4cc(-c5cnc([C@@H]6CCCN6C(=O)[C@H](NC(=O)OC)[C@H](C)OC)[nH]5)ccc4c3)cc2[nH]1)C(C)C. The molecule has 15 heteroatoms. The predicted octanol–water partition coefficient (Wildman–Crippen LogP) is 6.24. The number of nitrogens with one attached hydrogen (secondary N) is 4. The topological polar surface area (TPSA) is 184 Å². The van der Waals surface area contributed by atoms with E-state index in [0.717, 1.165) is 75.7 Å². The normalized spacial score (nSPS) is 18.5. The van der Waals surface area contributed by atoms with Gasteiger partial charge >= 0.3 is 12.2 Å². The Kier molecular flexibility index (Phi) is 11.5. The Morgan fingerprint density at radius 2 is 1.28 bits per heavy atom. The first-order valence-corrected chi connectivity index (χ1v) is 19.4. The maximum Gasteiger partial charge on any atom is 0.407 e. The van der Waals surface area contributed by atoms with Crippen molar-refractivity contribution in [1.29, 1.82) is 0 Å². The third-order valence-electron chi connectivity index (χ3n) is 11.2. The van der Waals surface area contributed by atoms with Gasteiger partial charge in [-0.2, -0.15) is 0 Å². The number of methoxy groups -OCH3 is 3. The minimum Gasteiger partial charge on any atom is -0.453 e. The van der Waals surface area contributed by atoms with Crippen LogP contribution in [-0.2, 0) is 23.8 Å². The second-order valence-corrected chi connectivity index (χ2v) is 15.1. The Hall–Kier alpha value is -5.96. The van der Waals surface area contributed by atoms with Crippen LogP contribution in [0.2, 0.25) is 0 Å². The molecule has 4 N–H and O–H groups in total. The number of hydrogen-bond donors (Lipinski definition) is 4. The second kappa shape index (κ2) is 16.6. The lowest BCUT2D eigenvalue weighted by molar-refractivity contribution is -0.137. The standard InChI is InChI=1S/C42H50N8O7/c1-23(2)35(47-41(53)56-5)39(51)50-18-8-10-34(50)38-44-30-16-15-28(21-31(30)45-38)26-11-12-27-20-29(14-13-25(27)19-26)32-22-43-37(46-32)33-9-7-17-49(33)40(52)36(24(3)55-4)48-42(54)57-6/h11-16,19-24,33-36H,7-10,17-18H2,1-6H3,(H,43,46)(H,44,45)(H,47,53)(H,48,54)/t24-,33-,34-,35-,36+/m0/s1. The third kappa shape index (κ3) is 8.01. The average Bonchev–Trinajstić information content (AvgIpc) is 4.06. The number of aromatic amines is 2. The van der Waals surface area contributed by atoms with Gasteiger partial charge in [-0.25, -0.2) is 19.6 Å². The molecule has 2 aromatic heterocycles. The van der Waals surface area contributed by atoms with Crippen LogP contribution in [0.1, 0.15) is 70.2 Å². The zero-order valence-electron chi connectivity index (χ0n) is 33.1. The number of aromatic nitrogens is 4. The average molecular weight is 779 g/mol. The number of fused-ring (bicyclic) bond motifs is 2. The monoisotopic (exact) mass is 778 g/mol. The minimum absolute atomic E-state index is 0.112. The number of ether oxygens (including phenoxy) is 3. The quantitative estimate of drug-likeness (QED) is 0.121. The molecule has 7 rings (SSSR count). The Morgan fingerprint density at radius 1 is 0.719 bits per heavy atom. The van der Waals surface area contributed by atoms with Crippen LogP contribution in [0.25, 0.3) is 44.2 Å². The molecule has 4 amide bonds.